The number of Topliss-reactive ketones (excluding diaryl/α,β-unsaturated/α-hetero) is 1. The van der Waals surface area contributed by atoms with Crippen LogP contribution in [0.15, 0.2) is 14.5 Å². The summed E-state index contributed by atoms with van der Waals surface area (Å²) in [4.78, 5) is 27.1. The van der Waals surface area contributed by atoms with Gasteiger partial charge in [-0.15, -0.1) is 23.1 Å². The summed E-state index contributed by atoms with van der Waals surface area (Å²) in [5.74, 6) is 1.04. The van der Waals surface area contributed by atoms with Crippen molar-refractivity contribution in [1.82, 2.24) is 10.2 Å². The summed E-state index contributed by atoms with van der Waals surface area (Å²) in [7, 11) is 1.94. The Morgan fingerprint density at radius 1 is 1.48 bits per heavy atom. The molecule has 0 saturated heterocycles. The minimum atomic E-state index is -0.540. The van der Waals surface area contributed by atoms with E-state index >= 15 is 0 Å². The van der Waals surface area contributed by atoms with E-state index in [2.05, 4.69) is 19.2 Å². The van der Waals surface area contributed by atoms with E-state index < -0.39 is 11.7 Å². The second kappa shape index (κ2) is 9.17. The molecule has 0 aromatic carbocycles. The van der Waals surface area contributed by atoms with Crippen LogP contribution in [0, 0.1) is 5.92 Å². The second-order valence-corrected chi connectivity index (χ2v) is 11.3. The molecule has 0 fully saturated rings. The Morgan fingerprint density at radius 3 is 2.70 bits per heavy atom. The molecule has 2 rings (SSSR count). The SMILES string of the molecule is CC(C)C(CN(C)C1CSc2sc(SN)cc2C1=O)NC(=O)OC(C)(C)C. The van der Waals surface area contributed by atoms with Crippen LogP contribution in [0.4, 0.5) is 4.79 Å². The highest BCUT2D eigenvalue weighted by molar-refractivity contribution is 8.02. The third-order valence-electron chi connectivity index (χ3n) is 4.26. The van der Waals surface area contributed by atoms with E-state index in [1.807, 2.05) is 38.8 Å². The van der Waals surface area contributed by atoms with Crippen molar-refractivity contribution in [3.8, 4) is 0 Å². The number of carbonyl (C=O) groups excluding carboxylic acids is 2. The largest absolute Gasteiger partial charge is 0.444 e. The smallest absolute Gasteiger partial charge is 0.407 e. The number of rotatable bonds is 6. The van der Waals surface area contributed by atoms with Crippen LogP contribution in [-0.4, -0.2) is 53.8 Å². The van der Waals surface area contributed by atoms with Crippen LogP contribution in [0.2, 0.25) is 0 Å². The van der Waals surface area contributed by atoms with Gasteiger partial charge in [-0.2, -0.15) is 0 Å². The minimum absolute atomic E-state index is 0.110. The first kappa shape index (κ1) is 22.5. The lowest BCUT2D eigenvalue weighted by Crippen LogP contribution is -2.52. The molecular weight excluding hydrogens is 402 g/mol. The van der Waals surface area contributed by atoms with Gasteiger partial charge in [0, 0.05) is 23.9 Å². The molecule has 0 bridgehead atoms. The quantitative estimate of drug-likeness (QED) is 0.662. The molecule has 3 N–H and O–H groups in total. The number of fused-ring (bicyclic) bond motifs is 1. The molecule has 1 aromatic rings. The zero-order valence-electron chi connectivity index (χ0n) is 16.7. The molecule has 6 nitrogen and oxygen atoms in total. The normalized spacial score (nSPS) is 18.6. The second-order valence-electron chi connectivity index (χ2n) is 8.01. The van der Waals surface area contributed by atoms with E-state index in [9.17, 15) is 9.59 Å². The third-order valence-corrected chi connectivity index (χ3v) is 7.44. The van der Waals surface area contributed by atoms with E-state index in [0.29, 0.717) is 12.3 Å². The zero-order chi connectivity index (χ0) is 20.4. The molecule has 2 heterocycles. The number of ether oxygens (including phenoxy) is 1. The Hall–Kier alpha value is -0.740. The number of thiophene rings is 1. The fourth-order valence-corrected chi connectivity index (χ4v) is 5.90. The summed E-state index contributed by atoms with van der Waals surface area (Å²) < 4.78 is 7.38. The van der Waals surface area contributed by atoms with Crippen molar-refractivity contribution in [2.75, 3.05) is 19.3 Å². The molecule has 0 aliphatic carbocycles. The fourth-order valence-electron chi connectivity index (χ4n) is 2.75. The molecule has 2 atom stereocenters. The lowest BCUT2D eigenvalue weighted by atomic mass is 10.0. The van der Waals surface area contributed by atoms with Gasteiger partial charge in [0.25, 0.3) is 0 Å². The van der Waals surface area contributed by atoms with E-state index in [4.69, 9.17) is 9.88 Å². The van der Waals surface area contributed by atoms with Crippen molar-refractivity contribution < 1.29 is 14.3 Å². The molecule has 2 unspecified atom stereocenters. The number of ketones is 1. The van der Waals surface area contributed by atoms with Gasteiger partial charge in [-0.1, -0.05) is 13.8 Å². The van der Waals surface area contributed by atoms with Crippen molar-refractivity contribution in [3.63, 3.8) is 0 Å². The van der Waals surface area contributed by atoms with Gasteiger partial charge in [0.05, 0.1) is 14.5 Å². The molecule has 0 saturated carbocycles. The number of nitrogens with one attached hydrogen (secondary N) is 1. The van der Waals surface area contributed by atoms with Crippen molar-refractivity contribution in [1.29, 1.82) is 0 Å². The fraction of sp³-hybridized carbons (Fsp3) is 0.667. The maximum absolute atomic E-state index is 12.9. The number of nitrogens with two attached hydrogens (primary N) is 1. The van der Waals surface area contributed by atoms with Gasteiger partial charge in [-0.25, -0.2) is 4.79 Å². The van der Waals surface area contributed by atoms with Crippen molar-refractivity contribution >= 4 is 46.9 Å². The van der Waals surface area contributed by atoms with Gasteiger partial charge in [-0.05, 0) is 51.8 Å². The molecule has 0 spiro atoms. The highest BCUT2D eigenvalue weighted by Crippen LogP contribution is 2.40. The first-order valence-corrected chi connectivity index (χ1v) is 11.6. The van der Waals surface area contributed by atoms with E-state index in [1.165, 1.54) is 11.9 Å². The number of alkyl carbamates (subject to hydrolysis) is 1. The zero-order valence-corrected chi connectivity index (χ0v) is 19.1. The summed E-state index contributed by atoms with van der Waals surface area (Å²) in [5.41, 5.74) is 0.226. The number of hydrogen-bond donors (Lipinski definition) is 2. The lowest BCUT2D eigenvalue weighted by Gasteiger charge is -2.34. The van der Waals surface area contributed by atoms with Gasteiger partial charge in [0.15, 0.2) is 5.78 Å². The predicted molar refractivity (Wildman–Crippen MR) is 114 cm³/mol. The van der Waals surface area contributed by atoms with Gasteiger partial charge < -0.3 is 10.1 Å². The Kier molecular flexibility index (Phi) is 7.66. The molecule has 1 amide bonds. The van der Waals surface area contributed by atoms with E-state index in [-0.39, 0.29) is 23.8 Å². The summed E-state index contributed by atoms with van der Waals surface area (Å²) in [5, 5.41) is 8.59. The Labute approximate surface area is 174 Å². The van der Waals surface area contributed by atoms with Crippen LogP contribution in [0.25, 0.3) is 0 Å². The van der Waals surface area contributed by atoms with E-state index in [1.54, 1.807) is 23.1 Å². The number of carbonyl (C=O) groups is 2. The first-order valence-electron chi connectivity index (χ1n) is 8.89. The molecular formula is C18H29N3O3S3. The Bertz CT molecular complexity index is 685. The average Bonchev–Trinajstić information content (AvgIpc) is 2.96. The Morgan fingerprint density at radius 2 is 2.15 bits per heavy atom. The standard InChI is InChI=1S/C18H29N3O3S3/c1-10(2)12(20-17(23)24-18(3,4)5)8-21(6)13-9-25-16-11(15(13)22)7-14(26-16)27-19/h7,10,12-13H,8-9,19H2,1-6H3,(H,20,23). The van der Waals surface area contributed by atoms with Gasteiger partial charge in [0.2, 0.25) is 0 Å². The van der Waals surface area contributed by atoms with Crippen LogP contribution in [0.1, 0.15) is 45.0 Å². The maximum Gasteiger partial charge on any atom is 0.407 e. The first-order chi connectivity index (χ1) is 12.5. The summed E-state index contributed by atoms with van der Waals surface area (Å²) in [6.45, 7) is 10.2. The van der Waals surface area contributed by atoms with Crippen LogP contribution in [0.3, 0.4) is 0 Å². The van der Waals surface area contributed by atoms with Gasteiger partial charge in [-0.3, -0.25) is 14.8 Å². The third kappa shape index (κ3) is 6.12. The van der Waals surface area contributed by atoms with Crippen LogP contribution in [-0.2, 0) is 4.74 Å². The number of nitrogens with zero attached hydrogens (tertiary/aromatic N) is 1. The minimum Gasteiger partial charge on any atom is -0.444 e. The molecule has 1 aliphatic heterocycles. The number of hydrogen-bond acceptors (Lipinski definition) is 8. The predicted octanol–water partition coefficient (Wildman–Crippen LogP) is 3.85. The molecule has 27 heavy (non-hydrogen) atoms. The monoisotopic (exact) mass is 431 g/mol. The number of thioether (sulfide) groups is 1. The summed E-state index contributed by atoms with van der Waals surface area (Å²) >= 11 is 4.45. The average molecular weight is 432 g/mol. The highest BCUT2D eigenvalue weighted by atomic mass is 32.2. The summed E-state index contributed by atoms with van der Waals surface area (Å²) in [6, 6.07) is 1.56. The van der Waals surface area contributed by atoms with Crippen LogP contribution in [0.5, 0.6) is 0 Å². The molecule has 1 aliphatic rings. The van der Waals surface area contributed by atoms with Gasteiger partial charge >= 0.3 is 6.09 Å². The van der Waals surface area contributed by atoms with Crippen molar-refractivity contribution in [2.24, 2.45) is 11.1 Å². The van der Waals surface area contributed by atoms with Crippen molar-refractivity contribution in [2.45, 2.75) is 60.7 Å². The molecule has 9 heteroatoms. The van der Waals surface area contributed by atoms with Crippen LogP contribution >= 0.6 is 35.0 Å². The summed E-state index contributed by atoms with van der Waals surface area (Å²) in [6.07, 6.45) is -0.427. The molecule has 1 aromatic heterocycles. The Balaban J connectivity index is 2.04. The number of likely N-dealkylation sites (N-methyl/N-ethyl adjacent to an activating group) is 1. The maximum atomic E-state index is 12.9. The van der Waals surface area contributed by atoms with Crippen molar-refractivity contribution in [3.05, 3.63) is 11.6 Å². The lowest BCUT2D eigenvalue weighted by molar-refractivity contribution is 0.0472. The highest BCUT2D eigenvalue weighted by Gasteiger charge is 2.34. The van der Waals surface area contributed by atoms with E-state index in [0.717, 1.165) is 14.0 Å². The molecule has 152 valence electrons. The topological polar surface area (TPSA) is 84.7 Å². The van der Waals surface area contributed by atoms with Gasteiger partial charge in [0.1, 0.15) is 5.60 Å². The molecule has 0 radical (unpaired) electrons. The number of amides is 1. The van der Waals surface area contributed by atoms with Crippen LogP contribution < -0.4 is 10.5 Å².